The van der Waals surface area contributed by atoms with Crippen LogP contribution in [-0.4, -0.2) is 29.7 Å². The minimum Gasteiger partial charge on any atom is -0.336 e. The molecule has 0 aromatic heterocycles. The molecule has 2 aromatic rings. The second-order valence-corrected chi connectivity index (χ2v) is 6.11. The Morgan fingerprint density at radius 1 is 0.917 bits per heavy atom. The van der Waals surface area contributed by atoms with Crippen LogP contribution in [0.2, 0.25) is 5.02 Å². The number of carbonyl (C=O) groups is 2. The SMILES string of the molecule is CCN(CCc1ccccc1)C(=O)C(=O)CCc1ccc(Cl)cc1. The first-order valence-electron chi connectivity index (χ1n) is 8.20. The lowest BCUT2D eigenvalue weighted by Gasteiger charge is -2.20. The van der Waals surface area contributed by atoms with Crippen molar-refractivity contribution in [3.8, 4) is 0 Å². The van der Waals surface area contributed by atoms with E-state index in [-0.39, 0.29) is 18.1 Å². The third-order valence-electron chi connectivity index (χ3n) is 3.97. The van der Waals surface area contributed by atoms with Gasteiger partial charge in [-0.2, -0.15) is 0 Å². The van der Waals surface area contributed by atoms with E-state index in [0.29, 0.717) is 24.5 Å². The number of carbonyl (C=O) groups excluding carboxylic acids is 2. The summed E-state index contributed by atoms with van der Waals surface area (Å²) in [4.78, 5) is 26.1. The third-order valence-corrected chi connectivity index (χ3v) is 4.23. The van der Waals surface area contributed by atoms with Gasteiger partial charge in [-0.25, -0.2) is 0 Å². The fourth-order valence-corrected chi connectivity index (χ4v) is 2.63. The Balaban J connectivity index is 1.85. The van der Waals surface area contributed by atoms with Gasteiger partial charge in [-0.3, -0.25) is 9.59 Å². The molecule has 3 nitrogen and oxygen atoms in total. The minimum atomic E-state index is -0.387. The molecule has 0 N–H and O–H groups in total. The summed E-state index contributed by atoms with van der Waals surface area (Å²) in [5, 5.41) is 0.666. The van der Waals surface area contributed by atoms with Gasteiger partial charge in [-0.15, -0.1) is 0 Å². The highest BCUT2D eigenvalue weighted by molar-refractivity contribution is 6.36. The summed E-state index contributed by atoms with van der Waals surface area (Å²) in [5.74, 6) is -0.720. The lowest BCUT2D eigenvalue weighted by molar-refractivity contribution is -0.144. The topological polar surface area (TPSA) is 37.4 Å². The molecular weight excluding hydrogens is 322 g/mol. The lowest BCUT2D eigenvalue weighted by atomic mass is 10.1. The van der Waals surface area contributed by atoms with Crippen molar-refractivity contribution < 1.29 is 9.59 Å². The highest BCUT2D eigenvalue weighted by atomic mass is 35.5. The average Bonchev–Trinajstić information content (AvgIpc) is 2.62. The van der Waals surface area contributed by atoms with E-state index < -0.39 is 0 Å². The molecule has 2 aromatic carbocycles. The van der Waals surface area contributed by atoms with E-state index in [9.17, 15) is 9.59 Å². The standard InChI is InChI=1S/C20H22ClNO2/c1-2-22(15-14-16-6-4-3-5-7-16)20(24)19(23)13-10-17-8-11-18(21)12-9-17/h3-9,11-12H,2,10,13-15H2,1H3. The number of Topliss-reactive ketones (excluding diaryl/α,β-unsaturated/α-hetero) is 1. The van der Waals surface area contributed by atoms with Gasteiger partial charge in [0.05, 0.1) is 0 Å². The Kier molecular flexibility index (Phi) is 7.01. The molecule has 126 valence electrons. The van der Waals surface area contributed by atoms with Gasteiger partial charge < -0.3 is 4.90 Å². The molecule has 0 saturated carbocycles. The van der Waals surface area contributed by atoms with Crippen molar-refractivity contribution in [2.45, 2.75) is 26.2 Å². The molecule has 1 amide bonds. The van der Waals surface area contributed by atoms with Gasteiger partial charge in [0.15, 0.2) is 0 Å². The fourth-order valence-electron chi connectivity index (χ4n) is 2.50. The second kappa shape index (κ2) is 9.24. The number of likely N-dealkylation sites (N-methyl/N-ethyl adjacent to an activating group) is 1. The molecule has 24 heavy (non-hydrogen) atoms. The van der Waals surface area contributed by atoms with Crippen LogP contribution in [-0.2, 0) is 22.4 Å². The van der Waals surface area contributed by atoms with E-state index in [2.05, 4.69) is 0 Å². The smallest absolute Gasteiger partial charge is 0.289 e. The van der Waals surface area contributed by atoms with Crippen LogP contribution in [0.15, 0.2) is 54.6 Å². The van der Waals surface area contributed by atoms with Crippen LogP contribution in [0.1, 0.15) is 24.5 Å². The van der Waals surface area contributed by atoms with Crippen LogP contribution in [0.3, 0.4) is 0 Å². The molecule has 0 unspecified atom stereocenters. The molecular formula is C20H22ClNO2. The van der Waals surface area contributed by atoms with Gasteiger partial charge >= 0.3 is 0 Å². The van der Waals surface area contributed by atoms with E-state index in [1.165, 1.54) is 0 Å². The summed E-state index contributed by atoms with van der Waals surface area (Å²) in [7, 11) is 0. The summed E-state index contributed by atoms with van der Waals surface area (Å²) in [5.41, 5.74) is 2.17. The van der Waals surface area contributed by atoms with Crippen LogP contribution >= 0.6 is 11.6 Å². The number of aryl methyl sites for hydroxylation is 1. The van der Waals surface area contributed by atoms with Crippen LogP contribution in [0, 0.1) is 0 Å². The summed E-state index contributed by atoms with van der Waals surface area (Å²) < 4.78 is 0. The van der Waals surface area contributed by atoms with Crippen molar-refractivity contribution >= 4 is 23.3 Å². The fraction of sp³-hybridized carbons (Fsp3) is 0.300. The van der Waals surface area contributed by atoms with Gasteiger partial charge in [0.2, 0.25) is 5.78 Å². The molecule has 0 bridgehead atoms. The molecule has 0 aliphatic carbocycles. The van der Waals surface area contributed by atoms with Gasteiger partial charge in [0, 0.05) is 24.5 Å². The molecule has 4 heteroatoms. The molecule has 0 aliphatic heterocycles. The van der Waals surface area contributed by atoms with Crippen LogP contribution < -0.4 is 0 Å². The molecule has 0 saturated heterocycles. The van der Waals surface area contributed by atoms with E-state index in [1.54, 1.807) is 17.0 Å². The number of amides is 1. The maximum atomic E-state index is 12.3. The zero-order valence-corrected chi connectivity index (χ0v) is 14.6. The monoisotopic (exact) mass is 343 g/mol. The summed E-state index contributed by atoms with van der Waals surface area (Å²) in [6, 6.07) is 17.3. The Morgan fingerprint density at radius 3 is 2.17 bits per heavy atom. The normalized spacial score (nSPS) is 10.4. The first-order chi connectivity index (χ1) is 11.6. The quantitative estimate of drug-likeness (QED) is 0.681. The largest absolute Gasteiger partial charge is 0.336 e. The summed E-state index contributed by atoms with van der Waals surface area (Å²) in [6.45, 7) is 3.00. The number of hydrogen-bond donors (Lipinski definition) is 0. The van der Waals surface area contributed by atoms with Crippen molar-refractivity contribution in [2.75, 3.05) is 13.1 Å². The highest BCUT2D eigenvalue weighted by Gasteiger charge is 2.19. The number of hydrogen-bond acceptors (Lipinski definition) is 2. The maximum Gasteiger partial charge on any atom is 0.289 e. The Morgan fingerprint density at radius 2 is 1.54 bits per heavy atom. The van der Waals surface area contributed by atoms with Gasteiger partial charge in [-0.05, 0) is 43.0 Å². The first kappa shape index (κ1) is 18.2. The van der Waals surface area contributed by atoms with Crippen molar-refractivity contribution in [3.05, 3.63) is 70.7 Å². The lowest BCUT2D eigenvalue weighted by Crippen LogP contribution is -2.38. The van der Waals surface area contributed by atoms with Gasteiger partial charge in [-0.1, -0.05) is 54.1 Å². The number of ketones is 1. The predicted octanol–water partition coefficient (Wildman–Crippen LogP) is 3.93. The van der Waals surface area contributed by atoms with E-state index >= 15 is 0 Å². The maximum absolute atomic E-state index is 12.3. The predicted molar refractivity (Wildman–Crippen MR) is 97.2 cm³/mol. The number of benzene rings is 2. The Bertz CT molecular complexity index is 668. The van der Waals surface area contributed by atoms with Crippen molar-refractivity contribution in [2.24, 2.45) is 0 Å². The molecule has 0 spiro atoms. The molecule has 0 radical (unpaired) electrons. The van der Waals surface area contributed by atoms with Crippen LogP contribution in [0.4, 0.5) is 0 Å². The van der Waals surface area contributed by atoms with Crippen molar-refractivity contribution in [3.63, 3.8) is 0 Å². The second-order valence-electron chi connectivity index (χ2n) is 5.67. The van der Waals surface area contributed by atoms with Gasteiger partial charge in [0.1, 0.15) is 0 Å². The number of halogens is 1. The average molecular weight is 344 g/mol. The minimum absolute atomic E-state index is 0.225. The van der Waals surface area contributed by atoms with Crippen molar-refractivity contribution in [1.82, 2.24) is 4.90 Å². The van der Waals surface area contributed by atoms with Gasteiger partial charge in [0.25, 0.3) is 5.91 Å². The zero-order chi connectivity index (χ0) is 17.4. The number of rotatable bonds is 8. The highest BCUT2D eigenvalue weighted by Crippen LogP contribution is 2.11. The van der Waals surface area contributed by atoms with Crippen LogP contribution in [0.25, 0.3) is 0 Å². The third kappa shape index (κ3) is 5.50. The van der Waals surface area contributed by atoms with Crippen molar-refractivity contribution in [1.29, 1.82) is 0 Å². The molecule has 2 rings (SSSR count). The van der Waals surface area contributed by atoms with E-state index in [1.807, 2.05) is 49.4 Å². The first-order valence-corrected chi connectivity index (χ1v) is 8.58. The molecule has 0 aliphatic rings. The van der Waals surface area contributed by atoms with E-state index in [4.69, 9.17) is 11.6 Å². The number of nitrogens with zero attached hydrogens (tertiary/aromatic N) is 1. The zero-order valence-electron chi connectivity index (χ0n) is 13.9. The summed E-state index contributed by atoms with van der Waals surface area (Å²) in [6.07, 6.45) is 1.53. The Labute approximate surface area is 148 Å². The summed E-state index contributed by atoms with van der Waals surface area (Å²) >= 11 is 5.84. The molecule has 0 atom stereocenters. The van der Waals surface area contributed by atoms with Crippen LogP contribution in [0.5, 0.6) is 0 Å². The molecule has 0 heterocycles. The van der Waals surface area contributed by atoms with E-state index in [0.717, 1.165) is 17.5 Å². The Hall–Kier alpha value is -2.13. The molecule has 0 fully saturated rings.